The molecule has 1 aliphatic rings. The van der Waals surface area contributed by atoms with Gasteiger partial charge < -0.3 is 9.32 Å². The van der Waals surface area contributed by atoms with E-state index < -0.39 is 0 Å². The number of anilines is 3. The van der Waals surface area contributed by atoms with Crippen LogP contribution in [0.25, 0.3) is 66.1 Å². The Hall–Kier alpha value is -6.45. The average Bonchev–Trinajstić information content (AvgIpc) is 3.68. The standard InChI is InChI=1S/C48H34N2O/c1-48(2)41-17-9-8-13-37(41)38-24-23-35(29-42(38)48)50(34-21-19-32(20-22-34)31-11-4-3-5-12-31)43-30-45-47(40-15-7-6-14-39(40)43)46-36(16-10-18-44(46)51-45)33-25-27-49-28-26-33/h3-30H,1-2H3. The molecule has 51 heavy (non-hydrogen) atoms. The first-order chi connectivity index (χ1) is 25.1. The van der Waals surface area contributed by atoms with Gasteiger partial charge in [-0.25, -0.2) is 0 Å². The Balaban J connectivity index is 1.23. The third kappa shape index (κ3) is 4.55. The van der Waals surface area contributed by atoms with Gasteiger partial charge in [-0.05, 0) is 92.4 Å². The largest absolute Gasteiger partial charge is 0.456 e. The molecule has 0 bridgehead atoms. The fourth-order valence-electron chi connectivity index (χ4n) is 8.31. The van der Waals surface area contributed by atoms with Crippen molar-refractivity contribution in [2.24, 2.45) is 0 Å². The maximum Gasteiger partial charge on any atom is 0.138 e. The van der Waals surface area contributed by atoms with Crippen LogP contribution in [0.3, 0.4) is 0 Å². The van der Waals surface area contributed by atoms with Crippen LogP contribution in [-0.4, -0.2) is 4.98 Å². The van der Waals surface area contributed by atoms with Crippen LogP contribution in [-0.2, 0) is 5.41 Å². The second-order valence-corrected chi connectivity index (χ2v) is 14.0. The van der Waals surface area contributed by atoms with Crippen molar-refractivity contribution < 1.29 is 4.42 Å². The van der Waals surface area contributed by atoms with E-state index >= 15 is 0 Å². The fourth-order valence-corrected chi connectivity index (χ4v) is 8.31. The van der Waals surface area contributed by atoms with Gasteiger partial charge in [0.25, 0.3) is 0 Å². The number of furan rings is 1. The molecule has 0 radical (unpaired) electrons. The Bertz CT molecular complexity index is 2760. The van der Waals surface area contributed by atoms with Crippen molar-refractivity contribution in [2.75, 3.05) is 4.90 Å². The van der Waals surface area contributed by atoms with Crippen molar-refractivity contribution in [1.82, 2.24) is 4.98 Å². The van der Waals surface area contributed by atoms with E-state index in [1.54, 1.807) is 0 Å². The van der Waals surface area contributed by atoms with Crippen molar-refractivity contribution in [2.45, 2.75) is 19.3 Å². The molecule has 0 atom stereocenters. The minimum Gasteiger partial charge on any atom is -0.456 e. The minimum atomic E-state index is -0.126. The first-order valence-electron chi connectivity index (χ1n) is 17.5. The Morgan fingerprint density at radius 1 is 0.471 bits per heavy atom. The van der Waals surface area contributed by atoms with E-state index in [9.17, 15) is 0 Å². The van der Waals surface area contributed by atoms with Crippen molar-refractivity contribution in [3.05, 3.63) is 181 Å². The predicted molar refractivity (Wildman–Crippen MR) is 212 cm³/mol. The number of aromatic nitrogens is 1. The number of fused-ring (bicyclic) bond motifs is 8. The maximum absolute atomic E-state index is 6.77. The highest BCUT2D eigenvalue weighted by Gasteiger charge is 2.36. The van der Waals surface area contributed by atoms with Crippen LogP contribution < -0.4 is 4.90 Å². The Kier molecular flexibility index (Phi) is 6.53. The van der Waals surface area contributed by atoms with Crippen molar-refractivity contribution in [3.63, 3.8) is 0 Å². The van der Waals surface area contributed by atoms with Gasteiger partial charge in [0.05, 0.1) is 5.69 Å². The molecule has 0 amide bonds. The molecule has 7 aromatic carbocycles. The summed E-state index contributed by atoms with van der Waals surface area (Å²) in [5, 5.41) is 4.57. The summed E-state index contributed by atoms with van der Waals surface area (Å²) < 4.78 is 6.77. The first kappa shape index (κ1) is 29.5. The van der Waals surface area contributed by atoms with Gasteiger partial charge in [0.1, 0.15) is 11.2 Å². The molecular weight excluding hydrogens is 621 g/mol. The van der Waals surface area contributed by atoms with Gasteiger partial charge in [-0.3, -0.25) is 4.98 Å². The fraction of sp³-hybridized carbons (Fsp3) is 0.0625. The average molecular weight is 655 g/mol. The van der Waals surface area contributed by atoms with Crippen LogP contribution in [0.4, 0.5) is 17.1 Å². The van der Waals surface area contributed by atoms with E-state index in [0.29, 0.717) is 0 Å². The van der Waals surface area contributed by atoms with Crippen molar-refractivity contribution >= 4 is 49.8 Å². The van der Waals surface area contributed by atoms with Gasteiger partial charge in [0.15, 0.2) is 0 Å². The summed E-state index contributed by atoms with van der Waals surface area (Å²) >= 11 is 0. The Morgan fingerprint density at radius 2 is 1.14 bits per heavy atom. The zero-order chi connectivity index (χ0) is 34.1. The molecule has 2 heterocycles. The minimum absolute atomic E-state index is 0.126. The maximum atomic E-state index is 6.77. The number of benzene rings is 7. The molecule has 0 N–H and O–H groups in total. The molecule has 242 valence electrons. The van der Waals surface area contributed by atoms with Crippen LogP contribution in [0, 0.1) is 0 Å². The zero-order valence-electron chi connectivity index (χ0n) is 28.5. The molecule has 1 aliphatic carbocycles. The van der Waals surface area contributed by atoms with Crippen molar-refractivity contribution in [3.8, 4) is 33.4 Å². The highest BCUT2D eigenvalue weighted by Crippen LogP contribution is 2.52. The van der Waals surface area contributed by atoms with Gasteiger partial charge in [-0.2, -0.15) is 0 Å². The second-order valence-electron chi connectivity index (χ2n) is 14.0. The zero-order valence-corrected chi connectivity index (χ0v) is 28.5. The van der Waals surface area contributed by atoms with E-state index in [-0.39, 0.29) is 5.41 Å². The third-order valence-electron chi connectivity index (χ3n) is 10.8. The normalized spacial score (nSPS) is 13.1. The molecule has 0 saturated heterocycles. The summed E-state index contributed by atoms with van der Waals surface area (Å²) in [4.78, 5) is 6.68. The van der Waals surface area contributed by atoms with E-state index in [1.165, 1.54) is 33.4 Å². The smallest absolute Gasteiger partial charge is 0.138 e. The summed E-state index contributed by atoms with van der Waals surface area (Å²) in [7, 11) is 0. The summed E-state index contributed by atoms with van der Waals surface area (Å²) in [6.45, 7) is 4.69. The monoisotopic (exact) mass is 654 g/mol. The summed E-state index contributed by atoms with van der Waals surface area (Å²) in [5.74, 6) is 0. The molecular formula is C48H34N2O. The molecule has 0 fully saturated rings. The summed E-state index contributed by atoms with van der Waals surface area (Å²) in [6.07, 6.45) is 3.70. The lowest BCUT2D eigenvalue weighted by atomic mass is 9.82. The van der Waals surface area contributed by atoms with Crippen LogP contribution >= 0.6 is 0 Å². The van der Waals surface area contributed by atoms with Crippen LogP contribution in [0.15, 0.2) is 175 Å². The number of pyridine rings is 1. The SMILES string of the molecule is CC1(C)c2ccccc2-c2ccc(N(c3ccc(-c4ccccc4)cc3)c3cc4oc5cccc(-c6ccncc6)c5c4c4ccccc34)cc21. The molecule has 2 aromatic heterocycles. The van der Waals surface area contributed by atoms with Crippen LogP contribution in [0.5, 0.6) is 0 Å². The molecule has 3 heteroatoms. The number of rotatable bonds is 5. The highest BCUT2D eigenvalue weighted by molar-refractivity contribution is 6.25. The lowest BCUT2D eigenvalue weighted by Gasteiger charge is -2.29. The Morgan fingerprint density at radius 3 is 1.96 bits per heavy atom. The Labute approximate surface area is 297 Å². The van der Waals surface area contributed by atoms with Crippen LogP contribution in [0.1, 0.15) is 25.0 Å². The van der Waals surface area contributed by atoms with E-state index in [2.05, 4.69) is 181 Å². The first-order valence-corrected chi connectivity index (χ1v) is 17.5. The highest BCUT2D eigenvalue weighted by atomic mass is 16.3. The quantitative estimate of drug-likeness (QED) is 0.185. The van der Waals surface area contributed by atoms with E-state index in [1.807, 2.05) is 12.4 Å². The molecule has 3 nitrogen and oxygen atoms in total. The summed E-state index contributed by atoms with van der Waals surface area (Å²) in [6, 6.07) is 56.8. The van der Waals surface area contributed by atoms with Gasteiger partial charge in [0, 0.05) is 51.4 Å². The van der Waals surface area contributed by atoms with E-state index in [4.69, 9.17) is 4.42 Å². The molecule has 9 aromatic rings. The molecule has 10 rings (SSSR count). The number of nitrogens with zero attached hydrogens (tertiary/aromatic N) is 2. The van der Waals surface area contributed by atoms with E-state index in [0.717, 1.165) is 60.9 Å². The molecule has 0 spiro atoms. The lowest BCUT2D eigenvalue weighted by Crippen LogP contribution is -2.16. The molecule has 0 saturated carbocycles. The van der Waals surface area contributed by atoms with Gasteiger partial charge in [0.2, 0.25) is 0 Å². The number of hydrogen-bond acceptors (Lipinski definition) is 3. The summed E-state index contributed by atoms with van der Waals surface area (Å²) in [5.41, 5.74) is 14.9. The number of hydrogen-bond donors (Lipinski definition) is 0. The van der Waals surface area contributed by atoms with Gasteiger partial charge >= 0.3 is 0 Å². The molecule has 0 aliphatic heterocycles. The lowest BCUT2D eigenvalue weighted by molar-refractivity contribution is 0.660. The van der Waals surface area contributed by atoms with Gasteiger partial charge in [-0.15, -0.1) is 0 Å². The molecule has 0 unspecified atom stereocenters. The van der Waals surface area contributed by atoms with Crippen molar-refractivity contribution in [1.29, 1.82) is 0 Å². The van der Waals surface area contributed by atoms with Gasteiger partial charge in [-0.1, -0.05) is 123 Å². The third-order valence-corrected chi connectivity index (χ3v) is 10.8. The predicted octanol–water partition coefficient (Wildman–Crippen LogP) is 13.2. The second kappa shape index (κ2) is 11.3. The topological polar surface area (TPSA) is 29.3 Å². The van der Waals surface area contributed by atoms with Crippen LogP contribution in [0.2, 0.25) is 0 Å².